The lowest BCUT2D eigenvalue weighted by molar-refractivity contribution is -0.140. The molecule has 0 bridgehead atoms. The number of aromatic nitrogens is 1. The maximum atomic E-state index is 14.0. The predicted molar refractivity (Wildman–Crippen MR) is 116 cm³/mol. The molecule has 0 saturated heterocycles. The third-order valence-electron chi connectivity index (χ3n) is 4.82. The number of allylic oxidation sites excluding steroid dienone is 1. The summed E-state index contributed by atoms with van der Waals surface area (Å²) >= 11 is 6.71. The molecule has 3 aromatic rings. The molecule has 4 rings (SSSR count). The molecule has 172 valence electrons. The lowest BCUT2D eigenvalue weighted by Crippen LogP contribution is -2.41. The van der Waals surface area contributed by atoms with Crippen molar-refractivity contribution in [3.63, 3.8) is 0 Å². The van der Waals surface area contributed by atoms with E-state index >= 15 is 0 Å². The Labute approximate surface area is 193 Å². The molecule has 0 N–H and O–H groups in total. The van der Waals surface area contributed by atoms with Gasteiger partial charge in [-0.25, -0.2) is 9.79 Å². The minimum atomic E-state index is -4.96. The van der Waals surface area contributed by atoms with Crippen molar-refractivity contribution >= 4 is 35.0 Å². The minimum Gasteiger partial charge on any atom is -0.463 e. The van der Waals surface area contributed by atoms with E-state index in [9.17, 15) is 22.8 Å². The lowest BCUT2D eigenvalue weighted by Gasteiger charge is -2.26. The topological polar surface area (TPSA) is 73.8 Å². The molecule has 0 aliphatic carbocycles. The van der Waals surface area contributed by atoms with Gasteiger partial charge in [0.15, 0.2) is 10.5 Å². The first-order valence-corrected chi connectivity index (χ1v) is 10.9. The molecule has 33 heavy (non-hydrogen) atoms. The minimum absolute atomic E-state index is 0.105. The van der Waals surface area contributed by atoms with Crippen molar-refractivity contribution in [2.75, 3.05) is 6.61 Å². The predicted octanol–water partition coefficient (Wildman–Crippen LogP) is 3.90. The zero-order chi connectivity index (χ0) is 23.9. The van der Waals surface area contributed by atoms with E-state index in [2.05, 4.69) is 4.99 Å². The fourth-order valence-corrected chi connectivity index (χ4v) is 4.57. The number of ether oxygens (including phenoxy) is 1. The van der Waals surface area contributed by atoms with Gasteiger partial charge >= 0.3 is 12.1 Å². The van der Waals surface area contributed by atoms with Crippen LogP contribution in [0.25, 0.3) is 6.08 Å². The van der Waals surface area contributed by atoms with Crippen molar-refractivity contribution in [2.45, 2.75) is 26.1 Å². The van der Waals surface area contributed by atoms with Crippen molar-refractivity contribution in [1.29, 1.82) is 0 Å². The number of thiazole rings is 1. The highest BCUT2D eigenvalue weighted by atomic mass is 35.5. The molecule has 1 aliphatic heterocycles. The van der Waals surface area contributed by atoms with Crippen molar-refractivity contribution in [2.24, 2.45) is 4.99 Å². The summed E-state index contributed by atoms with van der Waals surface area (Å²) in [6, 6.07) is 7.77. The molecule has 0 spiro atoms. The molecule has 0 radical (unpaired) electrons. The summed E-state index contributed by atoms with van der Waals surface area (Å²) < 4.78 is 53.6. The lowest BCUT2D eigenvalue weighted by atomic mass is 9.95. The second-order valence-corrected chi connectivity index (χ2v) is 8.51. The first-order chi connectivity index (χ1) is 15.6. The summed E-state index contributed by atoms with van der Waals surface area (Å²) in [5, 5.41) is 0.344. The van der Waals surface area contributed by atoms with Crippen LogP contribution in [0.3, 0.4) is 0 Å². The van der Waals surface area contributed by atoms with Crippen LogP contribution in [0.5, 0.6) is 0 Å². The molecule has 2 aromatic heterocycles. The van der Waals surface area contributed by atoms with Crippen LogP contribution in [0.2, 0.25) is 5.02 Å². The van der Waals surface area contributed by atoms with Gasteiger partial charge < -0.3 is 9.15 Å². The summed E-state index contributed by atoms with van der Waals surface area (Å²) in [5.41, 5.74) is -2.53. The van der Waals surface area contributed by atoms with Gasteiger partial charge in [0.25, 0.3) is 5.56 Å². The van der Waals surface area contributed by atoms with E-state index in [4.69, 9.17) is 20.8 Å². The van der Waals surface area contributed by atoms with Crippen LogP contribution in [0.15, 0.2) is 61.9 Å². The number of hydrogen-bond acceptors (Lipinski definition) is 6. The average molecular weight is 497 g/mol. The summed E-state index contributed by atoms with van der Waals surface area (Å²) in [7, 11) is 0. The smallest absolute Gasteiger partial charge is 0.434 e. The van der Waals surface area contributed by atoms with Crippen LogP contribution in [0, 0.1) is 6.92 Å². The largest absolute Gasteiger partial charge is 0.463 e. The van der Waals surface area contributed by atoms with Crippen LogP contribution in [0.1, 0.15) is 30.0 Å². The van der Waals surface area contributed by atoms with E-state index in [0.717, 1.165) is 15.9 Å². The monoisotopic (exact) mass is 496 g/mol. The Morgan fingerprint density at radius 1 is 1.27 bits per heavy atom. The second-order valence-electron chi connectivity index (χ2n) is 7.06. The van der Waals surface area contributed by atoms with Gasteiger partial charge in [0.1, 0.15) is 11.5 Å². The molecular weight excluding hydrogens is 481 g/mol. The molecule has 0 unspecified atom stereocenters. The van der Waals surface area contributed by atoms with E-state index in [-0.39, 0.29) is 21.5 Å². The van der Waals surface area contributed by atoms with Crippen molar-refractivity contribution in [3.05, 3.63) is 89.5 Å². The van der Waals surface area contributed by atoms with Crippen LogP contribution in [0.4, 0.5) is 13.2 Å². The fraction of sp³-hybridized carbons (Fsp3) is 0.227. The number of halogens is 4. The molecule has 11 heteroatoms. The van der Waals surface area contributed by atoms with E-state index in [1.807, 2.05) is 0 Å². The number of benzene rings is 1. The van der Waals surface area contributed by atoms with Crippen LogP contribution in [-0.2, 0) is 9.53 Å². The van der Waals surface area contributed by atoms with Gasteiger partial charge in [-0.3, -0.25) is 9.36 Å². The molecule has 0 saturated carbocycles. The van der Waals surface area contributed by atoms with Gasteiger partial charge in [0.2, 0.25) is 0 Å². The maximum absolute atomic E-state index is 14.0. The van der Waals surface area contributed by atoms with Gasteiger partial charge in [-0.05, 0) is 43.7 Å². The first-order valence-electron chi connectivity index (χ1n) is 9.72. The van der Waals surface area contributed by atoms with Gasteiger partial charge in [-0.1, -0.05) is 35.1 Å². The summed E-state index contributed by atoms with van der Waals surface area (Å²) in [5.74, 6) is -0.233. The number of fused-ring (bicyclic) bond motifs is 1. The number of hydrogen-bond donors (Lipinski definition) is 0. The van der Waals surface area contributed by atoms with Crippen molar-refractivity contribution in [1.82, 2.24) is 4.57 Å². The average Bonchev–Trinajstić information content (AvgIpc) is 3.30. The summed E-state index contributed by atoms with van der Waals surface area (Å²) in [4.78, 5) is 29.5. The SMILES string of the molecule is CCOC(=O)C1=C(C(F)(F)F)N=c2s/c(=C\c3ccc(C)o3)c(=O)n2[C@@H]1c1ccc(Cl)cc1. The standard InChI is InChI=1S/C22H16ClF3N2O4S/c1-3-31-20(30)16-17(12-5-7-13(23)8-6-12)28-19(29)15(10-14-9-4-11(2)32-14)33-21(28)27-18(16)22(24,25)26/h4-10,17H,3H2,1-2H3/b15-10-/t17-/m1/s1. The highest BCUT2D eigenvalue weighted by molar-refractivity contribution is 7.07. The van der Waals surface area contributed by atoms with Crippen LogP contribution < -0.4 is 14.9 Å². The number of rotatable bonds is 4. The molecule has 3 heterocycles. The molecule has 6 nitrogen and oxygen atoms in total. The van der Waals surface area contributed by atoms with Gasteiger partial charge in [-0.15, -0.1) is 0 Å². The Balaban J connectivity index is 2.05. The third-order valence-corrected chi connectivity index (χ3v) is 6.05. The summed E-state index contributed by atoms with van der Waals surface area (Å²) in [6.45, 7) is 3.05. The Bertz CT molecular complexity index is 1430. The zero-order valence-electron chi connectivity index (χ0n) is 17.3. The Morgan fingerprint density at radius 2 is 1.97 bits per heavy atom. The van der Waals surface area contributed by atoms with Crippen LogP contribution >= 0.6 is 22.9 Å². The van der Waals surface area contributed by atoms with Gasteiger partial charge in [0.05, 0.1) is 22.8 Å². The number of esters is 1. The molecule has 0 amide bonds. The molecule has 1 aliphatic rings. The molecule has 1 aromatic carbocycles. The van der Waals surface area contributed by atoms with Gasteiger partial charge in [0, 0.05) is 11.1 Å². The van der Waals surface area contributed by atoms with Gasteiger partial charge in [-0.2, -0.15) is 13.2 Å². The van der Waals surface area contributed by atoms with E-state index in [1.54, 1.807) is 19.1 Å². The van der Waals surface area contributed by atoms with Crippen LogP contribution in [-0.4, -0.2) is 23.3 Å². The third kappa shape index (κ3) is 4.40. The molecule has 0 fully saturated rings. The highest BCUT2D eigenvalue weighted by Crippen LogP contribution is 2.38. The fourth-order valence-electron chi connectivity index (χ4n) is 3.46. The Hall–Kier alpha value is -3.11. The van der Waals surface area contributed by atoms with E-state index in [0.29, 0.717) is 16.5 Å². The molecular formula is C22H16ClF3N2O4S. The van der Waals surface area contributed by atoms with E-state index in [1.165, 1.54) is 37.3 Å². The number of furan rings is 1. The quantitative estimate of drug-likeness (QED) is 0.514. The zero-order valence-corrected chi connectivity index (χ0v) is 18.8. The van der Waals surface area contributed by atoms with E-state index < -0.39 is 35.0 Å². The normalized spacial score (nSPS) is 16.5. The number of carbonyl (C=O) groups is 1. The van der Waals surface area contributed by atoms with Crippen molar-refractivity contribution < 1.29 is 27.1 Å². The Morgan fingerprint density at radius 3 is 2.55 bits per heavy atom. The number of nitrogens with zero attached hydrogens (tertiary/aromatic N) is 2. The highest BCUT2D eigenvalue weighted by Gasteiger charge is 2.45. The Kier molecular flexibility index (Phi) is 6.06. The van der Waals surface area contributed by atoms with Crippen molar-refractivity contribution in [3.8, 4) is 0 Å². The number of carbonyl (C=O) groups excluding carboxylic acids is 1. The first kappa shape index (κ1) is 23.1. The summed E-state index contributed by atoms with van der Waals surface area (Å²) in [6.07, 6.45) is -3.53. The number of aryl methyl sites for hydroxylation is 1. The molecule has 1 atom stereocenters. The number of alkyl halides is 3. The second kappa shape index (κ2) is 8.68. The maximum Gasteiger partial charge on any atom is 0.434 e.